The molecule has 0 heterocycles. The maximum absolute atomic E-state index is 12.7. The summed E-state index contributed by atoms with van der Waals surface area (Å²) in [5.41, 5.74) is 5.09. The molecule has 4 nitrogen and oxygen atoms in total. The van der Waals surface area contributed by atoms with E-state index in [1.165, 1.54) is 0 Å². The first-order valence-corrected chi connectivity index (χ1v) is 5.10. The minimum Gasteiger partial charge on any atom is -0.368 e. The van der Waals surface area contributed by atoms with E-state index >= 15 is 0 Å². The van der Waals surface area contributed by atoms with Crippen molar-refractivity contribution in [3.63, 3.8) is 0 Å². The summed E-state index contributed by atoms with van der Waals surface area (Å²) in [4.78, 5) is 22.2. The number of carbonyl (C=O) groups is 2. The third-order valence-corrected chi connectivity index (χ3v) is 2.15. The molecule has 0 aliphatic rings. The molecule has 0 bridgehead atoms. The fraction of sp³-hybridized carbons (Fsp3) is 0.273. The molecule has 0 saturated heterocycles. The van der Waals surface area contributed by atoms with Crippen LogP contribution in [0, 0.1) is 5.82 Å². The Morgan fingerprint density at radius 1 is 1.21 bits per heavy atom. The first-order valence-electron chi connectivity index (χ1n) is 5.10. The zero-order chi connectivity index (χ0) is 14.6. The zero-order valence-electron chi connectivity index (χ0n) is 9.50. The Bertz CT molecular complexity index is 471. The summed E-state index contributed by atoms with van der Waals surface area (Å²) >= 11 is 0. The zero-order valence-corrected chi connectivity index (χ0v) is 9.50. The minimum absolute atomic E-state index is 0.101. The molecule has 19 heavy (non-hydrogen) atoms. The van der Waals surface area contributed by atoms with E-state index in [-0.39, 0.29) is 5.56 Å². The van der Waals surface area contributed by atoms with Crippen LogP contribution < -0.4 is 11.1 Å². The van der Waals surface area contributed by atoms with Gasteiger partial charge in [0.05, 0.1) is 0 Å². The van der Waals surface area contributed by atoms with Gasteiger partial charge < -0.3 is 11.1 Å². The lowest BCUT2D eigenvalue weighted by Crippen LogP contribution is -2.39. The third kappa shape index (κ3) is 4.94. The monoisotopic (exact) mass is 278 g/mol. The van der Waals surface area contributed by atoms with Crippen molar-refractivity contribution in [1.82, 2.24) is 5.32 Å². The van der Waals surface area contributed by atoms with E-state index in [9.17, 15) is 27.2 Å². The highest BCUT2D eigenvalue weighted by Crippen LogP contribution is 2.20. The van der Waals surface area contributed by atoms with Crippen molar-refractivity contribution in [1.29, 1.82) is 0 Å². The van der Waals surface area contributed by atoms with Gasteiger partial charge in [0.1, 0.15) is 18.3 Å². The van der Waals surface area contributed by atoms with E-state index in [0.29, 0.717) is 0 Å². The van der Waals surface area contributed by atoms with Crippen molar-refractivity contribution in [3.05, 3.63) is 35.6 Å². The molecular weight excluding hydrogens is 268 g/mol. The average molecular weight is 278 g/mol. The van der Waals surface area contributed by atoms with E-state index in [4.69, 9.17) is 5.73 Å². The molecule has 0 spiro atoms. The first kappa shape index (κ1) is 14.9. The molecule has 0 aliphatic heterocycles. The minimum atomic E-state index is -4.69. The van der Waals surface area contributed by atoms with Crippen LogP contribution >= 0.6 is 0 Å². The van der Waals surface area contributed by atoms with Gasteiger partial charge in [0.25, 0.3) is 0 Å². The molecule has 0 aromatic heterocycles. The second-order valence-electron chi connectivity index (χ2n) is 3.75. The van der Waals surface area contributed by atoms with Gasteiger partial charge in [-0.3, -0.25) is 9.59 Å². The van der Waals surface area contributed by atoms with Crippen molar-refractivity contribution in [3.8, 4) is 0 Å². The van der Waals surface area contributed by atoms with Gasteiger partial charge in [0.15, 0.2) is 0 Å². The predicted octanol–water partition coefficient (Wildman–Crippen LogP) is 1.42. The first-order chi connectivity index (χ1) is 8.69. The van der Waals surface area contributed by atoms with Crippen molar-refractivity contribution < 1.29 is 27.2 Å². The van der Waals surface area contributed by atoms with Gasteiger partial charge >= 0.3 is 6.18 Å². The number of benzene rings is 1. The van der Waals surface area contributed by atoms with Crippen LogP contribution in [0.5, 0.6) is 0 Å². The molecule has 0 unspecified atom stereocenters. The Balaban J connectivity index is 2.82. The highest BCUT2D eigenvalue weighted by molar-refractivity contribution is 5.87. The van der Waals surface area contributed by atoms with E-state index in [0.717, 1.165) is 24.3 Å². The molecule has 1 atom stereocenters. The summed E-state index contributed by atoms with van der Waals surface area (Å²) in [6.45, 7) is 0. The van der Waals surface area contributed by atoms with Gasteiger partial charge in [0, 0.05) is 0 Å². The highest BCUT2D eigenvalue weighted by atomic mass is 19.4. The molecule has 0 fully saturated rings. The molecule has 1 aromatic carbocycles. The number of nitrogens with two attached hydrogens (primary N) is 1. The molecule has 8 heteroatoms. The lowest BCUT2D eigenvalue weighted by atomic mass is 10.1. The van der Waals surface area contributed by atoms with Gasteiger partial charge in [-0.05, 0) is 17.7 Å². The maximum atomic E-state index is 12.7. The van der Waals surface area contributed by atoms with E-state index < -0.39 is 36.3 Å². The number of halogens is 4. The lowest BCUT2D eigenvalue weighted by Gasteiger charge is -2.16. The van der Waals surface area contributed by atoms with E-state index in [1.54, 1.807) is 0 Å². The van der Waals surface area contributed by atoms with Gasteiger partial charge in [-0.1, -0.05) is 12.1 Å². The fourth-order valence-corrected chi connectivity index (χ4v) is 1.37. The topological polar surface area (TPSA) is 72.2 Å². The Hall–Kier alpha value is -2.12. The Labute approximate surface area is 105 Å². The van der Waals surface area contributed by atoms with Crippen LogP contribution in [0.1, 0.15) is 18.0 Å². The third-order valence-electron chi connectivity index (χ3n) is 2.15. The SMILES string of the molecule is NC(=O)[C@H](NC(=O)CC(F)(F)F)c1ccc(F)cc1. The van der Waals surface area contributed by atoms with E-state index in [1.807, 2.05) is 5.32 Å². The summed E-state index contributed by atoms with van der Waals surface area (Å²) in [6.07, 6.45) is -6.41. The molecule has 1 aromatic rings. The number of primary amides is 1. The number of carbonyl (C=O) groups excluding carboxylic acids is 2. The Kier molecular flexibility index (Phi) is 4.47. The summed E-state index contributed by atoms with van der Waals surface area (Å²) in [6, 6.07) is 2.87. The number of rotatable bonds is 4. The van der Waals surface area contributed by atoms with Crippen LogP contribution in [0.2, 0.25) is 0 Å². The van der Waals surface area contributed by atoms with Crippen molar-refractivity contribution in [2.45, 2.75) is 18.6 Å². The lowest BCUT2D eigenvalue weighted by molar-refractivity contribution is -0.155. The second-order valence-corrected chi connectivity index (χ2v) is 3.75. The summed E-state index contributed by atoms with van der Waals surface area (Å²) in [5.74, 6) is -3.02. The van der Waals surface area contributed by atoms with Crippen molar-refractivity contribution in [2.24, 2.45) is 5.73 Å². The van der Waals surface area contributed by atoms with Crippen LogP contribution in [0.25, 0.3) is 0 Å². The molecule has 2 amide bonds. The van der Waals surface area contributed by atoms with Crippen molar-refractivity contribution in [2.75, 3.05) is 0 Å². The van der Waals surface area contributed by atoms with Gasteiger partial charge in [-0.15, -0.1) is 0 Å². The predicted molar refractivity (Wildman–Crippen MR) is 57.2 cm³/mol. The summed E-state index contributed by atoms with van der Waals surface area (Å²) < 4.78 is 48.6. The summed E-state index contributed by atoms with van der Waals surface area (Å²) in [5, 5.41) is 1.85. The summed E-state index contributed by atoms with van der Waals surface area (Å²) in [7, 11) is 0. The van der Waals surface area contributed by atoms with Crippen molar-refractivity contribution >= 4 is 11.8 Å². The van der Waals surface area contributed by atoms with Crippen LogP contribution in [0.4, 0.5) is 17.6 Å². The second kappa shape index (κ2) is 5.68. The number of amides is 2. The maximum Gasteiger partial charge on any atom is 0.397 e. The van der Waals surface area contributed by atoms with Gasteiger partial charge in [-0.25, -0.2) is 4.39 Å². The molecule has 104 valence electrons. The smallest absolute Gasteiger partial charge is 0.368 e. The standard InChI is InChI=1S/C11H10F4N2O2/c12-7-3-1-6(2-4-7)9(10(16)19)17-8(18)5-11(13,14)15/h1-4,9H,5H2,(H2,16,19)(H,17,18)/t9-/m1/s1. The van der Waals surface area contributed by atoms with Crippen LogP contribution in [-0.4, -0.2) is 18.0 Å². The molecular formula is C11H10F4N2O2. The van der Waals surface area contributed by atoms with Crippen LogP contribution in [0.3, 0.4) is 0 Å². The number of hydrogen-bond acceptors (Lipinski definition) is 2. The largest absolute Gasteiger partial charge is 0.397 e. The number of alkyl halides is 3. The van der Waals surface area contributed by atoms with Gasteiger partial charge in [0.2, 0.25) is 11.8 Å². The Morgan fingerprint density at radius 3 is 2.16 bits per heavy atom. The highest BCUT2D eigenvalue weighted by Gasteiger charge is 2.33. The molecule has 3 N–H and O–H groups in total. The van der Waals surface area contributed by atoms with Crippen LogP contribution in [-0.2, 0) is 9.59 Å². The van der Waals surface area contributed by atoms with E-state index in [2.05, 4.69) is 0 Å². The molecule has 0 radical (unpaired) electrons. The Morgan fingerprint density at radius 2 is 1.74 bits per heavy atom. The fourth-order valence-electron chi connectivity index (χ4n) is 1.37. The number of nitrogens with one attached hydrogen (secondary N) is 1. The molecule has 0 saturated carbocycles. The number of hydrogen-bond donors (Lipinski definition) is 2. The quantitative estimate of drug-likeness (QED) is 0.818. The van der Waals surface area contributed by atoms with Gasteiger partial charge in [-0.2, -0.15) is 13.2 Å². The normalized spacial score (nSPS) is 12.8. The molecule has 0 aliphatic carbocycles. The van der Waals surface area contributed by atoms with Crippen LogP contribution in [0.15, 0.2) is 24.3 Å². The average Bonchev–Trinajstić information content (AvgIpc) is 2.24. The molecule has 1 rings (SSSR count).